The van der Waals surface area contributed by atoms with Gasteiger partial charge in [0, 0.05) is 24.4 Å². The third-order valence-electron chi connectivity index (χ3n) is 5.02. The highest BCUT2D eigenvalue weighted by Gasteiger charge is 2.17. The molecule has 5 nitrogen and oxygen atoms in total. The number of anilines is 1. The van der Waals surface area contributed by atoms with E-state index in [0.29, 0.717) is 45.1 Å². The number of rotatable bonds is 5. The first-order chi connectivity index (χ1) is 15.4. The van der Waals surface area contributed by atoms with Gasteiger partial charge in [0.1, 0.15) is 11.2 Å². The van der Waals surface area contributed by atoms with Gasteiger partial charge in [-0.3, -0.25) is 4.98 Å². The first-order valence-corrected chi connectivity index (χ1v) is 12.5. The summed E-state index contributed by atoms with van der Waals surface area (Å²) in [6.45, 7) is 6.43. The van der Waals surface area contributed by atoms with Crippen LogP contribution in [0.25, 0.3) is 22.3 Å². The Kier molecular flexibility index (Phi) is 6.32. The van der Waals surface area contributed by atoms with E-state index in [2.05, 4.69) is 39.7 Å². The molecule has 0 unspecified atom stereocenters. The third kappa shape index (κ3) is 4.41. The third-order valence-corrected chi connectivity index (χ3v) is 6.67. The Bertz CT molecular complexity index is 1350. The summed E-state index contributed by atoms with van der Waals surface area (Å²) in [6.07, 6.45) is 1.65. The van der Waals surface area contributed by atoms with Crippen LogP contribution < -0.4 is 10.8 Å². The molecule has 1 N–H and O–H groups in total. The second kappa shape index (κ2) is 9.16. The topological polar surface area (TPSA) is 74.5 Å². The Morgan fingerprint density at radius 1 is 1.16 bits per heavy atom. The van der Waals surface area contributed by atoms with Gasteiger partial charge >= 0.3 is 0 Å². The molecule has 0 amide bonds. The Hall–Kier alpha value is -3.13. The van der Waals surface area contributed by atoms with E-state index >= 15 is 0 Å². The minimum atomic E-state index is -0.468. The number of fused-ring (bicyclic) bond motifs is 1. The summed E-state index contributed by atoms with van der Waals surface area (Å²) >= 11 is 6.57. The van der Waals surface area contributed by atoms with Gasteiger partial charge in [0.25, 0.3) is 0 Å². The maximum absolute atomic E-state index is 15.0. The fraction of sp³-hybridized carbons (Fsp3) is 0.167. The number of benzene rings is 1. The number of halogens is 2. The number of aromatic nitrogens is 3. The van der Waals surface area contributed by atoms with E-state index in [-0.39, 0.29) is 13.6 Å². The quantitative estimate of drug-likeness (QED) is 0.387. The van der Waals surface area contributed by atoms with Crippen LogP contribution in [-0.2, 0) is 6.54 Å². The van der Waals surface area contributed by atoms with Gasteiger partial charge in [-0.25, -0.2) is 14.4 Å². The lowest BCUT2D eigenvalue weighted by Crippen LogP contribution is -2.06. The second-order valence-corrected chi connectivity index (χ2v) is 10.2. The summed E-state index contributed by atoms with van der Waals surface area (Å²) in [6, 6.07) is 14.6. The molecule has 0 radical (unpaired) electrons. The molecule has 3 heterocycles. The van der Waals surface area contributed by atoms with Gasteiger partial charge in [-0.15, -0.1) is 0 Å². The van der Waals surface area contributed by atoms with E-state index in [4.69, 9.17) is 16.9 Å². The smallest absolute Gasteiger partial charge is 0.151 e. The minimum absolute atomic E-state index is 0.198. The van der Waals surface area contributed by atoms with Crippen LogP contribution in [0.3, 0.4) is 0 Å². The number of nitriles is 1. The molecular formula is C24H20ClFN5P. The van der Waals surface area contributed by atoms with Crippen molar-refractivity contribution in [1.29, 1.82) is 5.26 Å². The van der Waals surface area contributed by atoms with Gasteiger partial charge in [-0.2, -0.15) is 5.26 Å². The van der Waals surface area contributed by atoms with E-state index < -0.39 is 5.82 Å². The van der Waals surface area contributed by atoms with E-state index in [1.165, 1.54) is 6.07 Å². The van der Waals surface area contributed by atoms with Crippen LogP contribution in [0.4, 0.5) is 10.1 Å². The monoisotopic (exact) mass is 463 g/mol. The number of nitrogens with zero attached hydrogens (tertiary/aromatic N) is 4. The molecule has 0 aliphatic heterocycles. The zero-order valence-electron chi connectivity index (χ0n) is 17.8. The molecule has 0 aliphatic carbocycles. The molecule has 4 rings (SSSR count). The lowest BCUT2D eigenvalue weighted by Gasteiger charge is -2.14. The largest absolute Gasteiger partial charge is 0.378 e. The van der Waals surface area contributed by atoms with Crippen molar-refractivity contribution in [2.45, 2.75) is 13.5 Å². The van der Waals surface area contributed by atoms with Crippen LogP contribution >= 0.6 is 19.5 Å². The predicted octanol–water partition coefficient (Wildman–Crippen LogP) is 5.64. The fourth-order valence-corrected chi connectivity index (χ4v) is 4.22. The van der Waals surface area contributed by atoms with Crippen molar-refractivity contribution < 1.29 is 4.39 Å². The van der Waals surface area contributed by atoms with Gasteiger partial charge in [-0.1, -0.05) is 31.7 Å². The van der Waals surface area contributed by atoms with Gasteiger partial charge in [0.05, 0.1) is 39.0 Å². The first kappa shape index (κ1) is 22.1. The van der Waals surface area contributed by atoms with Crippen LogP contribution in [0.1, 0.15) is 16.8 Å². The molecule has 0 atom stereocenters. The summed E-state index contributed by atoms with van der Waals surface area (Å²) in [5.41, 5.74) is 5.32. The summed E-state index contributed by atoms with van der Waals surface area (Å²) < 4.78 is 15.0. The molecule has 0 fully saturated rings. The van der Waals surface area contributed by atoms with Crippen LogP contribution in [0.15, 0.2) is 48.7 Å². The molecule has 0 saturated carbocycles. The summed E-state index contributed by atoms with van der Waals surface area (Å²) in [4.78, 5) is 13.5. The second-order valence-electron chi connectivity index (χ2n) is 7.54. The number of hydrogen-bond acceptors (Lipinski definition) is 5. The highest BCUT2D eigenvalue weighted by molar-refractivity contribution is 7.63. The highest BCUT2D eigenvalue weighted by atomic mass is 35.5. The van der Waals surface area contributed by atoms with Crippen molar-refractivity contribution in [3.05, 3.63) is 76.3 Å². The molecular weight excluding hydrogens is 444 g/mol. The van der Waals surface area contributed by atoms with Crippen molar-refractivity contribution in [2.24, 2.45) is 0 Å². The van der Waals surface area contributed by atoms with E-state index in [0.717, 1.165) is 11.0 Å². The normalized spacial score (nSPS) is 11.0. The van der Waals surface area contributed by atoms with E-state index in [1.54, 1.807) is 25.3 Å². The van der Waals surface area contributed by atoms with Gasteiger partial charge in [0.15, 0.2) is 5.82 Å². The Balaban J connectivity index is 1.78. The standard InChI is InChI=1S/C24H20ClFN5P/c1-14-21(25)24(29-12-16-6-4-5-15(9-16)11-27)23-19(30-14)10-18(26)22(31-23)17-7-8-20(28-13-17)32(2)3/h4-10,13H,12H2,1-3H3,(H,29,30). The molecule has 4 aromatic rings. The maximum atomic E-state index is 15.0. The van der Waals surface area contributed by atoms with Crippen molar-refractivity contribution in [3.8, 4) is 17.3 Å². The zero-order chi connectivity index (χ0) is 22.8. The SMILES string of the molecule is Cc1nc2cc(F)c(-c3ccc(P(C)C)nc3)nc2c(NCc2cccc(C#N)c2)c1Cl. The van der Waals surface area contributed by atoms with Crippen LogP contribution in [-0.4, -0.2) is 28.3 Å². The zero-order valence-corrected chi connectivity index (χ0v) is 19.5. The molecule has 160 valence electrons. The molecule has 0 aliphatic rings. The average molecular weight is 464 g/mol. The molecule has 8 heteroatoms. The number of pyridine rings is 3. The Morgan fingerprint density at radius 3 is 2.66 bits per heavy atom. The lowest BCUT2D eigenvalue weighted by atomic mass is 10.1. The van der Waals surface area contributed by atoms with Crippen molar-refractivity contribution in [1.82, 2.24) is 15.0 Å². The van der Waals surface area contributed by atoms with Crippen LogP contribution in [0, 0.1) is 24.1 Å². The van der Waals surface area contributed by atoms with Gasteiger partial charge in [-0.05, 0) is 50.1 Å². The van der Waals surface area contributed by atoms with Crippen LogP contribution in [0.2, 0.25) is 5.02 Å². The fourth-order valence-electron chi connectivity index (χ4n) is 3.36. The number of nitrogens with one attached hydrogen (secondary N) is 1. The molecule has 0 spiro atoms. The van der Waals surface area contributed by atoms with Crippen molar-refractivity contribution >= 4 is 41.7 Å². The summed E-state index contributed by atoms with van der Waals surface area (Å²) in [7, 11) is -0.340. The minimum Gasteiger partial charge on any atom is -0.378 e. The molecule has 3 aromatic heterocycles. The van der Waals surface area contributed by atoms with Crippen molar-refractivity contribution in [3.63, 3.8) is 0 Å². The van der Waals surface area contributed by atoms with Gasteiger partial charge in [0.2, 0.25) is 0 Å². The predicted molar refractivity (Wildman–Crippen MR) is 129 cm³/mol. The van der Waals surface area contributed by atoms with E-state index in [9.17, 15) is 4.39 Å². The Morgan fingerprint density at radius 2 is 1.97 bits per heavy atom. The highest BCUT2D eigenvalue weighted by Crippen LogP contribution is 2.34. The number of hydrogen-bond donors (Lipinski definition) is 1. The summed E-state index contributed by atoms with van der Waals surface area (Å²) in [5.74, 6) is -0.468. The van der Waals surface area contributed by atoms with Crippen LogP contribution in [0.5, 0.6) is 0 Å². The number of aryl methyl sites for hydroxylation is 1. The van der Waals surface area contributed by atoms with Crippen molar-refractivity contribution in [2.75, 3.05) is 18.6 Å². The maximum Gasteiger partial charge on any atom is 0.151 e. The molecule has 1 aromatic carbocycles. The Labute approximate surface area is 192 Å². The van der Waals surface area contributed by atoms with Gasteiger partial charge < -0.3 is 5.32 Å². The average Bonchev–Trinajstić information content (AvgIpc) is 2.79. The molecule has 0 saturated heterocycles. The molecule has 0 bridgehead atoms. The summed E-state index contributed by atoms with van der Waals surface area (Å²) in [5, 5.41) is 12.9. The molecule has 32 heavy (non-hydrogen) atoms. The van der Waals surface area contributed by atoms with E-state index in [1.807, 2.05) is 24.3 Å². The first-order valence-electron chi connectivity index (χ1n) is 9.90. The lowest BCUT2D eigenvalue weighted by molar-refractivity contribution is 0.628.